The van der Waals surface area contributed by atoms with Crippen molar-refractivity contribution in [2.24, 2.45) is 0 Å². The molecule has 0 saturated heterocycles. The van der Waals surface area contributed by atoms with Gasteiger partial charge in [-0.15, -0.1) is 5.10 Å². The van der Waals surface area contributed by atoms with E-state index < -0.39 is 0 Å². The molecular formula is C12H17N5S. The molecule has 6 heteroatoms. The van der Waals surface area contributed by atoms with Gasteiger partial charge in [0.15, 0.2) is 0 Å². The van der Waals surface area contributed by atoms with Crippen molar-refractivity contribution in [2.45, 2.75) is 32.9 Å². The summed E-state index contributed by atoms with van der Waals surface area (Å²) in [5.41, 5.74) is 2.08. The molecule has 2 aromatic rings. The molecule has 2 rings (SSSR count). The van der Waals surface area contributed by atoms with E-state index in [9.17, 15) is 0 Å². The molecule has 0 bridgehead atoms. The van der Waals surface area contributed by atoms with E-state index in [1.807, 2.05) is 0 Å². The van der Waals surface area contributed by atoms with Crippen molar-refractivity contribution in [3.8, 4) is 0 Å². The summed E-state index contributed by atoms with van der Waals surface area (Å²) in [7, 11) is 2.07. The number of nitrogens with zero attached hydrogens (tertiary/aromatic N) is 5. The summed E-state index contributed by atoms with van der Waals surface area (Å²) in [6.07, 6.45) is 5.20. The maximum Gasteiger partial charge on any atom is 0.0826 e. The molecule has 5 nitrogen and oxygen atoms in total. The maximum absolute atomic E-state index is 4.27. The Hall–Kier alpha value is -1.40. The molecule has 0 atom stereocenters. The third-order valence-corrected chi connectivity index (χ3v) is 3.32. The van der Waals surface area contributed by atoms with Crippen molar-refractivity contribution in [1.29, 1.82) is 0 Å². The van der Waals surface area contributed by atoms with Gasteiger partial charge in [0, 0.05) is 31.7 Å². The van der Waals surface area contributed by atoms with Crippen LogP contribution in [-0.4, -0.2) is 31.5 Å². The van der Waals surface area contributed by atoms with Crippen LogP contribution < -0.4 is 0 Å². The average Bonchev–Trinajstić information content (AvgIpc) is 2.78. The van der Waals surface area contributed by atoms with E-state index in [0.717, 1.165) is 24.5 Å². The van der Waals surface area contributed by atoms with E-state index in [-0.39, 0.29) is 0 Å². The van der Waals surface area contributed by atoms with E-state index in [1.54, 1.807) is 18.6 Å². The second kappa shape index (κ2) is 5.97. The zero-order valence-electron chi connectivity index (χ0n) is 10.9. The highest BCUT2D eigenvalue weighted by molar-refractivity contribution is 7.05. The van der Waals surface area contributed by atoms with E-state index in [4.69, 9.17) is 0 Å². The maximum atomic E-state index is 4.27. The molecule has 0 fully saturated rings. The second-order valence-electron chi connectivity index (χ2n) is 4.61. The van der Waals surface area contributed by atoms with Crippen LogP contribution in [0, 0.1) is 0 Å². The van der Waals surface area contributed by atoms with Crippen molar-refractivity contribution in [3.63, 3.8) is 0 Å². The second-order valence-corrected chi connectivity index (χ2v) is 5.44. The van der Waals surface area contributed by atoms with E-state index >= 15 is 0 Å². The Balaban J connectivity index is 1.99. The van der Waals surface area contributed by atoms with Gasteiger partial charge in [-0.1, -0.05) is 18.3 Å². The van der Waals surface area contributed by atoms with Crippen LogP contribution in [-0.2, 0) is 13.1 Å². The van der Waals surface area contributed by atoms with Crippen LogP contribution in [0.5, 0.6) is 0 Å². The minimum Gasteiger partial charge on any atom is -0.295 e. The molecule has 0 radical (unpaired) electrons. The molecule has 2 aromatic heterocycles. The summed E-state index contributed by atoms with van der Waals surface area (Å²) in [4.78, 5) is 11.8. The van der Waals surface area contributed by atoms with E-state index in [0.29, 0.717) is 5.92 Å². The summed E-state index contributed by atoms with van der Waals surface area (Å²) in [5.74, 6) is 0.420. The first-order valence-corrected chi connectivity index (χ1v) is 6.68. The van der Waals surface area contributed by atoms with Crippen molar-refractivity contribution in [3.05, 3.63) is 34.9 Å². The number of aromatic nitrogens is 4. The minimum absolute atomic E-state index is 0.420. The fourth-order valence-electron chi connectivity index (χ4n) is 1.75. The summed E-state index contributed by atoms with van der Waals surface area (Å²) < 4.78 is 4.04. The number of rotatable bonds is 5. The van der Waals surface area contributed by atoms with Crippen LogP contribution in [0.25, 0.3) is 0 Å². The Morgan fingerprint density at radius 1 is 1.28 bits per heavy atom. The number of hydrogen-bond donors (Lipinski definition) is 0. The van der Waals surface area contributed by atoms with Crippen molar-refractivity contribution < 1.29 is 0 Å². The SMILES string of the molecule is CC(C)c1nnsc1CN(C)Cc1cnccn1. The van der Waals surface area contributed by atoms with Gasteiger partial charge in [0.1, 0.15) is 0 Å². The molecule has 0 unspecified atom stereocenters. The fourth-order valence-corrected chi connectivity index (χ4v) is 2.63. The van der Waals surface area contributed by atoms with E-state index in [2.05, 4.69) is 45.3 Å². The molecular weight excluding hydrogens is 246 g/mol. The largest absolute Gasteiger partial charge is 0.295 e. The smallest absolute Gasteiger partial charge is 0.0826 e. The fraction of sp³-hybridized carbons (Fsp3) is 0.500. The summed E-state index contributed by atoms with van der Waals surface area (Å²) in [6, 6.07) is 0. The van der Waals surface area contributed by atoms with Gasteiger partial charge in [-0.3, -0.25) is 14.9 Å². The summed E-state index contributed by atoms with van der Waals surface area (Å²) in [5, 5.41) is 4.19. The van der Waals surface area contributed by atoms with Crippen LogP contribution in [0.1, 0.15) is 36.0 Å². The van der Waals surface area contributed by atoms with Gasteiger partial charge in [-0.05, 0) is 24.5 Å². The molecule has 96 valence electrons. The molecule has 0 aliphatic carbocycles. The van der Waals surface area contributed by atoms with Gasteiger partial charge in [0.05, 0.1) is 16.3 Å². The van der Waals surface area contributed by atoms with Crippen LogP contribution in [0.3, 0.4) is 0 Å². The third-order valence-electron chi connectivity index (χ3n) is 2.59. The molecule has 0 amide bonds. The Bertz CT molecular complexity index is 482. The lowest BCUT2D eigenvalue weighted by Crippen LogP contribution is -2.18. The summed E-state index contributed by atoms with van der Waals surface area (Å²) >= 11 is 1.48. The quantitative estimate of drug-likeness (QED) is 0.826. The molecule has 0 aliphatic heterocycles. The molecule has 0 aromatic carbocycles. The normalized spacial score (nSPS) is 11.4. The van der Waals surface area contributed by atoms with Crippen LogP contribution in [0.15, 0.2) is 18.6 Å². The molecule has 0 aliphatic rings. The predicted molar refractivity (Wildman–Crippen MR) is 71.2 cm³/mol. The Labute approximate surface area is 111 Å². The molecule has 2 heterocycles. The third kappa shape index (κ3) is 3.30. The minimum atomic E-state index is 0.420. The first-order valence-electron chi connectivity index (χ1n) is 5.91. The van der Waals surface area contributed by atoms with Crippen LogP contribution >= 0.6 is 11.5 Å². The zero-order valence-corrected chi connectivity index (χ0v) is 11.7. The standard InChI is InChI=1S/C12H17N5S/c1-9(2)12-11(18-16-15-12)8-17(3)7-10-6-13-4-5-14-10/h4-6,9H,7-8H2,1-3H3. The van der Waals surface area contributed by atoms with E-state index in [1.165, 1.54) is 16.4 Å². The Kier molecular flexibility index (Phi) is 4.33. The molecule has 0 saturated carbocycles. The van der Waals surface area contributed by atoms with Gasteiger partial charge >= 0.3 is 0 Å². The highest BCUT2D eigenvalue weighted by Crippen LogP contribution is 2.21. The number of hydrogen-bond acceptors (Lipinski definition) is 6. The van der Waals surface area contributed by atoms with Crippen molar-refractivity contribution >= 4 is 11.5 Å². The molecule has 18 heavy (non-hydrogen) atoms. The van der Waals surface area contributed by atoms with Crippen molar-refractivity contribution in [1.82, 2.24) is 24.5 Å². The highest BCUT2D eigenvalue weighted by atomic mass is 32.1. The van der Waals surface area contributed by atoms with Crippen LogP contribution in [0.2, 0.25) is 0 Å². The van der Waals surface area contributed by atoms with Gasteiger partial charge < -0.3 is 0 Å². The first kappa shape index (κ1) is 13.0. The van der Waals surface area contributed by atoms with Gasteiger partial charge in [-0.2, -0.15) is 0 Å². The van der Waals surface area contributed by atoms with Gasteiger partial charge in [0.25, 0.3) is 0 Å². The monoisotopic (exact) mass is 263 g/mol. The van der Waals surface area contributed by atoms with Crippen molar-refractivity contribution in [2.75, 3.05) is 7.05 Å². The lowest BCUT2D eigenvalue weighted by atomic mass is 10.1. The average molecular weight is 263 g/mol. The Morgan fingerprint density at radius 2 is 2.11 bits per heavy atom. The molecule has 0 spiro atoms. The van der Waals surface area contributed by atoms with Gasteiger partial charge in [0.2, 0.25) is 0 Å². The Morgan fingerprint density at radius 3 is 2.78 bits per heavy atom. The van der Waals surface area contributed by atoms with Crippen LogP contribution in [0.4, 0.5) is 0 Å². The lowest BCUT2D eigenvalue weighted by molar-refractivity contribution is 0.316. The molecule has 0 N–H and O–H groups in total. The lowest BCUT2D eigenvalue weighted by Gasteiger charge is -2.15. The first-order chi connectivity index (χ1) is 8.66. The topological polar surface area (TPSA) is 54.8 Å². The zero-order chi connectivity index (χ0) is 13.0. The highest BCUT2D eigenvalue weighted by Gasteiger charge is 2.13. The van der Waals surface area contributed by atoms with Gasteiger partial charge in [-0.25, -0.2) is 0 Å². The summed E-state index contributed by atoms with van der Waals surface area (Å²) in [6.45, 7) is 5.91. The predicted octanol–water partition coefficient (Wildman–Crippen LogP) is 2.08.